The predicted octanol–water partition coefficient (Wildman–Crippen LogP) is 1.14. The molecule has 1 aliphatic carbocycles. The fraction of sp³-hybridized carbons (Fsp3) is 0.818. The van der Waals surface area contributed by atoms with Crippen molar-refractivity contribution in [3.8, 4) is 0 Å². The lowest BCUT2D eigenvalue weighted by Gasteiger charge is -2.26. The highest BCUT2D eigenvalue weighted by Crippen LogP contribution is 2.39. The van der Waals surface area contributed by atoms with Crippen LogP contribution in [0.15, 0.2) is 0 Å². The molecule has 1 unspecified atom stereocenters. The van der Waals surface area contributed by atoms with E-state index in [9.17, 15) is 5.11 Å². The van der Waals surface area contributed by atoms with Crippen molar-refractivity contribution in [1.29, 1.82) is 0 Å². The molecule has 1 aliphatic rings. The van der Waals surface area contributed by atoms with Gasteiger partial charge in [0.15, 0.2) is 0 Å². The van der Waals surface area contributed by atoms with Gasteiger partial charge in [-0.1, -0.05) is 0 Å². The van der Waals surface area contributed by atoms with E-state index >= 15 is 0 Å². The molecule has 5 nitrogen and oxygen atoms in total. The Hall–Kier alpha value is -0.720. The van der Waals surface area contributed by atoms with Crippen LogP contribution in [0.25, 0.3) is 0 Å². The second kappa shape index (κ2) is 4.88. The molecule has 1 atom stereocenters. The topological polar surface area (TPSA) is 61.3 Å². The van der Waals surface area contributed by atoms with Crippen LogP contribution in [0.1, 0.15) is 31.5 Å². The van der Waals surface area contributed by atoms with E-state index in [1.165, 1.54) is 24.4 Å². The average Bonchev–Trinajstić information content (AvgIpc) is 2.94. The monoisotopic (exact) mass is 256 g/mol. The van der Waals surface area contributed by atoms with Crippen LogP contribution < -0.4 is 5.32 Å². The van der Waals surface area contributed by atoms with Crippen molar-refractivity contribution in [3.63, 3.8) is 0 Å². The van der Waals surface area contributed by atoms with Crippen molar-refractivity contribution in [2.75, 3.05) is 32.5 Å². The second-order valence-electron chi connectivity index (χ2n) is 5.32. The maximum absolute atomic E-state index is 10.1. The Bertz CT molecular complexity index is 373. The summed E-state index contributed by atoms with van der Waals surface area (Å²) < 4.78 is 4.32. The van der Waals surface area contributed by atoms with Crippen LogP contribution >= 0.6 is 11.5 Å². The minimum Gasteiger partial charge on any atom is -0.387 e. The van der Waals surface area contributed by atoms with Crippen molar-refractivity contribution in [2.24, 2.45) is 0 Å². The van der Waals surface area contributed by atoms with Gasteiger partial charge in [0.2, 0.25) is 5.13 Å². The summed E-state index contributed by atoms with van der Waals surface area (Å²) in [4.78, 5) is 6.40. The van der Waals surface area contributed by atoms with Gasteiger partial charge in [-0.15, -0.1) is 0 Å². The minimum atomic E-state index is -0.755. The molecular weight excluding hydrogens is 236 g/mol. The molecule has 0 aliphatic heterocycles. The van der Waals surface area contributed by atoms with Crippen LogP contribution in [0.2, 0.25) is 0 Å². The van der Waals surface area contributed by atoms with Crippen molar-refractivity contribution >= 4 is 16.7 Å². The van der Waals surface area contributed by atoms with Gasteiger partial charge < -0.3 is 15.3 Å². The summed E-state index contributed by atoms with van der Waals surface area (Å²) in [7, 11) is 3.90. The first-order valence-corrected chi connectivity index (χ1v) is 6.68. The molecule has 1 aromatic rings. The van der Waals surface area contributed by atoms with Crippen molar-refractivity contribution < 1.29 is 5.11 Å². The molecule has 17 heavy (non-hydrogen) atoms. The maximum Gasteiger partial charge on any atom is 0.202 e. The van der Waals surface area contributed by atoms with E-state index in [0.717, 1.165) is 11.0 Å². The lowest BCUT2D eigenvalue weighted by Crippen LogP contribution is -2.43. The van der Waals surface area contributed by atoms with Gasteiger partial charge in [0.05, 0.1) is 5.60 Å². The van der Waals surface area contributed by atoms with Crippen molar-refractivity contribution in [1.82, 2.24) is 14.3 Å². The lowest BCUT2D eigenvalue weighted by molar-refractivity contribution is 0.0460. The third-order valence-electron chi connectivity index (χ3n) is 2.66. The molecule has 1 aromatic heterocycles. The zero-order valence-corrected chi connectivity index (χ0v) is 11.4. The van der Waals surface area contributed by atoms with Crippen LogP contribution in [0.3, 0.4) is 0 Å². The Labute approximate surface area is 106 Å². The molecule has 2 rings (SSSR count). The van der Waals surface area contributed by atoms with Gasteiger partial charge in [0.25, 0.3) is 0 Å². The normalized spacial score (nSPS) is 19.4. The van der Waals surface area contributed by atoms with E-state index in [-0.39, 0.29) is 0 Å². The summed E-state index contributed by atoms with van der Waals surface area (Å²) in [5, 5.41) is 14.1. The van der Waals surface area contributed by atoms with Gasteiger partial charge in [0.1, 0.15) is 5.82 Å². The highest BCUT2D eigenvalue weighted by molar-refractivity contribution is 7.09. The summed E-state index contributed by atoms with van der Waals surface area (Å²) in [6.07, 6.45) is 2.43. The van der Waals surface area contributed by atoms with Crippen LogP contribution in [0.4, 0.5) is 5.13 Å². The van der Waals surface area contributed by atoms with E-state index in [0.29, 0.717) is 19.0 Å². The molecule has 0 amide bonds. The Morgan fingerprint density at radius 3 is 2.82 bits per heavy atom. The van der Waals surface area contributed by atoms with Crippen LogP contribution in [-0.2, 0) is 0 Å². The summed E-state index contributed by atoms with van der Waals surface area (Å²) in [5.41, 5.74) is -0.755. The van der Waals surface area contributed by atoms with E-state index in [2.05, 4.69) is 14.7 Å². The molecule has 2 N–H and O–H groups in total. The number of nitrogens with one attached hydrogen (secondary N) is 1. The number of aliphatic hydroxyl groups is 1. The SMILES string of the molecule is CN(C)CC(C)(O)CNc1nc(C2CC2)ns1. The number of hydrogen-bond acceptors (Lipinski definition) is 6. The van der Waals surface area contributed by atoms with Crippen LogP contribution in [-0.4, -0.2) is 52.1 Å². The highest BCUT2D eigenvalue weighted by atomic mass is 32.1. The Morgan fingerprint density at radius 1 is 1.53 bits per heavy atom. The standard InChI is InChI=1S/C11H20N4OS/c1-11(16,7-15(2)3)6-12-10-13-9(14-17-10)8-4-5-8/h8,16H,4-7H2,1-3H3,(H,12,13,14). The van der Waals surface area contributed by atoms with Crippen molar-refractivity contribution in [3.05, 3.63) is 5.82 Å². The smallest absolute Gasteiger partial charge is 0.202 e. The summed E-state index contributed by atoms with van der Waals surface area (Å²) in [6, 6.07) is 0. The van der Waals surface area contributed by atoms with E-state index in [1.807, 2.05) is 25.9 Å². The van der Waals surface area contributed by atoms with E-state index in [4.69, 9.17) is 0 Å². The van der Waals surface area contributed by atoms with E-state index in [1.54, 1.807) is 0 Å². The second-order valence-corrected chi connectivity index (χ2v) is 6.07. The third-order valence-corrected chi connectivity index (χ3v) is 3.35. The Morgan fingerprint density at radius 2 is 2.24 bits per heavy atom. The summed E-state index contributed by atoms with van der Waals surface area (Å²) >= 11 is 1.38. The molecular formula is C11H20N4OS. The number of nitrogens with zero attached hydrogens (tertiary/aromatic N) is 3. The average molecular weight is 256 g/mol. The van der Waals surface area contributed by atoms with Gasteiger partial charge in [-0.25, -0.2) is 4.98 Å². The molecule has 96 valence electrons. The third kappa shape index (κ3) is 3.90. The van der Waals surface area contributed by atoms with Gasteiger partial charge >= 0.3 is 0 Å². The van der Waals surface area contributed by atoms with Gasteiger partial charge in [-0.2, -0.15) is 4.37 Å². The minimum absolute atomic E-state index is 0.491. The van der Waals surface area contributed by atoms with Gasteiger partial charge in [0, 0.05) is 30.5 Å². The number of rotatable bonds is 6. The predicted molar refractivity (Wildman–Crippen MR) is 69.6 cm³/mol. The fourth-order valence-electron chi connectivity index (χ4n) is 1.82. The number of likely N-dealkylation sites (N-methyl/N-ethyl adjacent to an activating group) is 1. The van der Waals surface area contributed by atoms with E-state index < -0.39 is 5.60 Å². The zero-order valence-electron chi connectivity index (χ0n) is 10.6. The fourth-order valence-corrected chi connectivity index (χ4v) is 2.46. The van der Waals surface area contributed by atoms with Gasteiger partial charge in [-0.05, 0) is 33.9 Å². The highest BCUT2D eigenvalue weighted by Gasteiger charge is 2.28. The molecule has 0 radical (unpaired) electrons. The largest absolute Gasteiger partial charge is 0.387 e. The molecule has 0 aromatic carbocycles. The molecule has 0 spiro atoms. The molecule has 1 heterocycles. The molecule has 0 bridgehead atoms. The molecule has 6 heteroatoms. The number of aromatic nitrogens is 2. The number of anilines is 1. The van der Waals surface area contributed by atoms with Crippen LogP contribution in [0.5, 0.6) is 0 Å². The maximum atomic E-state index is 10.1. The molecule has 1 saturated carbocycles. The Balaban J connectivity index is 1.83. The number of hydrogen-bond donors (Lipinski definition) is 2. The van der Waals surface area contributed by atoms with Crippen LogP contribution in [0, 0.1) is 0 Å². The first kappa shape index (κ1) is 12.7. The lowest BCUT2D eigenvalue weighted by atomic mass is 10.1. The summed E-state index contributed by atoms with van der Waals surface area (Å²) in [6.45, 7) is 2.93. The summed E-state index contributed by atoms with van der Waals surface area (Å²) in [5.74, 6) is 1.55. The van der Waals surface area contributed by atoms with Crippen molar-refractivity contribution in [2.45, 2.75) is 31.3 Å². The zero-order chi connectivity index (χ0) is 12.5. The first-order chi connectivity index (χ1) is 7.96. The molecule has 1 fully saturated rings. The van der Waals surface area contributed by atoms with Gasteiger partial charge in [-0.3, -0.25) is 0 Å². The first-order valence-electron chi connectivity index (χ1n) is 5.91. The molecule has 0 saturated heterocycles. The quantitative estimate of drug-likeness (QED) is 0.799. The Kier molecular flexibility index (Phi) is 3.65.